The van der Waals surface area contributed by atoms with Crippen molar-refractivity contribution in [2.24, 2.45) is 0 Å². The summed E-state index contributed by atoms with van der Waals surface area (Å²) < 4.78 is 0. The first-order valence-corrected chi connectivity index (χ1v) is 8.73. The number of ketones is 1. The standard InChI is InChI=1S/C20H23N3O3/c1-12-17-15(5-4-6-16(17)24)22-18(12)20(26)23(3)11-13-7-9-14(10-8-13)19(25)21-2/h7-10,22H,4-6,11H2,1-3H3,(H,21,25). The summed E-state index contributed by atoms with van der Waals surface area (Å²) in [6, 6.07) is 7.16. The molecule has 2 aromatic rings. The fraction of sp³-hybridized carbons (Fsp3) is 0.350. The van der Waals surface area contributed by atoms with E-state index < -0.39 is 0 Å². The Morgan fingerprint density at radius 2 is 1.88 bits per heavy atom. The van der Waals surface area contributed by atoms with E-state index in [1.165, 1.54) is 0 Å². The highest BCUT2D eigenvalue weighted by Gasteiger charge is 2.27. The van der Waals surface area contributed by atoms with Crippen LogP contribution in [0.2, 0.25) is 0 Å². The van der Waals surface area contributed by atoms with Gasteiger partial charge in [-0.05, 0) is 43.0 Å². The molecule has 0 bridgehead atoms. The van der Waals surface area contributed by atoms with Crippen molar-refractivity contribution in [1.29, 1.82) is 0 Å². The number of nitrogens with one attached hydrogen (secondary N) is 2. The first kappa shape index (κ1) is 17.9. The van der Waals surface area contributed by atoms with Gasteiger partial charge in [0.1, 0.15) is 5.69 Å². The second-order valence-corrected chi connectivity index (χ2v) is 6.69. The van der Waals surface area contributed by atoms with Crippen LogP contribution >= 0.6 is 0 Å². The number of rotatable bonds is 4. The third-order valence-electron chi connectivity index (χ3n) is 4.86. The Morgan fingerprint density at radius 1 is 1.19 bits per heavy atom. The zero-order valence-electron chi connectivity index (χ0n) is 15.3. The maximum absolute atomic E-state index is 12.8. The summed E-state index contributed by atoms with van der Waals surface area (Å²) in [6.45, 7) is 2.25. The van der Waals surface area contributed by atoms with Gasteiger partial charge >= 0.3 is 0 Å². The van der Waals surface area contributed by atoms with Gasteiger partial charge < -0.3 is 15.2 Å². The van der Waals surface area contributed by atoms with Crippen LogP contribution in [0.4, 0.5) is 0 Å². The Labute approximate surface area is 152 Å². The molecule has 26 heavy (non-hydrogen) atoms. The van der Waals surface area contributed by atoms with E-state index >= 15 is 0 Å². The number of hydrogen-bond donors (Lipinski definition) is 2. The van der Waals surface area contributed by atoms with Crippen molar-refractivity contribution in [2.75, 3.05) is 14.1 Å². The molecule has 0 atom stereocenters. The molecule has 0 aliphatic heterocycles. The number of carbonyl (C=O) groups excluding carboxylic acids is 3. The lowest BCUT2D eigenvalue weighted by atomic mass is 9.94. The zero-order valence-corrected chi connectivity index (χ0v) is 15.3. The van der Waals surface area contributed by atoms with E-state index in [-0.39, 0.29) is 17.6 Å². The number of aromatic amines is 1. The minimum Gasteiger partial charge on any atom is -0.355 e. The number of Topliss-reactive ketones (excluding diaryl/α,β-unsaturated/α-hetero) is 1. The predicted octanol–water partition coefficient (Wildman–Crippen LogP) is 2.47. The summed E-state index contributed by atoms with van der Waals surface area (Å²) in [7, 11) is 3.32. The molecule has 6 heteroatoms. The van der Waals surface area contributed by atoms with Crippen molar-refractivity contribution in [3.8, 4) is 0 Å². The van der Waals surface area contributed by atoms with E-state index in [1.807, 2.05) is 19.1 Å². The molecule has 2 N–H and O–H groups in total. The number of benzene rings is 1. The maximum atomic E-state index is 12.8. The molecule has 0 unspecified atom stereocenters. The van der Waals surface area contributed by atoms with E-state index in [1.54, 1.807) is 31.1 Å². The van der Waals surface area contributed by atoms with Gasteiger partial charge in [0.2, 0.25) is 0 Å². The molecule has 2 amide bonds. The molecule has 0 saturated heterocycles. The topological polar surface area (TPSA) is 82.3 Å². The number of aromatic nitrogens is 1. The van der Waals surface area contributed by atoms with Crippen molar-refractivity contribution in [1.82, 2.24) is 15.2 Å². The van der Waals surface area contributed by atoms with Crippen LogP contribution in [0, 0.1) is 6.92 Å². The van der Waals surface area contributed by atoms with Crippen molar-refractivity contribution >= 4 is 17.6 Å². The molecule has 136 valence electrons. The van der Waals surface area contributed by atoms with Crippen LogP contribution in [0.3, 0.4) is 0 Å². The van der Waals surface area contributed by atoms with Crippen molar-refractivity contribution in [3.05, 3.63) is 57.9 Å². The van der Waals surface area contributed by atoms with E-state index in [9.17, 15) is 14.4 Å². The van der Waals surface area contributed by atoms with Crippen LogP contribution in [-0.2, 0) is 13.0 Å². The van der Waals surface area contributed by atoms with Gasteiger partial charge in [-0.15, -0.1) is 0 Å². The molecule has 1 heterocycles. The molecule has 0 saturated carbocycles. The lowest BCUT2D eigenvalue weighted by molar-refractivity contribution is 0.0778. The third kappa shape index (κ3) is 3.27. The van der Waals surface area contributed by atoms with Gasteiger partial charge in [-0.25, -0.2) is 0 Å². The molecular formula is C20H23N3O3. The second-order valence-electron chi connectivity index (χ2n) is 6.69. The van der Waals surface area contributed by atoms with Crippen LogP contribution in [-0.4, -0.2) is 41.6 Å². The molecule has 0 spiro atoms. The van der Waals surface area contributed by atoms with E-state index in [0.717, 1.165) is 29.7 Å². The van der Waals surface area contributed by atoms with Gasteiger partial charge in [-0.2, -0.15) is 0 Å². The molecule has 1 aromatic carbocycles. The minimum absolute atomic E-state index is 0.117. The van der Waals surface area contributed by atoms with Gasteiger partial charge in [0.15, 0.2) is 5.78 Å². The van der Waals surface area contributed by atoms with Crippen molar-refractivity contribution in [3.63, 3.8) is 0 Å². The van der Waals surface area contributed by atoms with Gasteiger partial charge in [-0.3, -0.25) is 14.4 Å². The quantitative estimate of drug-likeness (QED) is 0.886. The molecule has 0 radical (unpaired) electrons. The van der Waals surface area contributed by atoms with Crippen LogP contribution in [0.15, 0.2) is 24.3 Å². The number of H-pyrrole nitrogens is 1. The molecular weight excluding hydrogens is 330 g/mol. The van der Waals surface area contributed by atoms with Gasteiger partial charge in [0.05, 0.1) is 0 Å². The number of amides is 2. The Balaban J connectivity index is 1.76. The largest absolute Gasteiger partial charge is 0.355 e. The van der Waals surface area contributed by atoms with Crippen molar-refractivity contribution < 1.29 is 14.4 Å². The number of aryl methyl sites for hydroxylation is 1. The summed E-state index contributed by atoms with van der Waals surface area (Å²) >= 11 is 0. The number of hydrogen-bond acceptors (Lipinski definition) is 3. The average molecular weight is 353 g/mol. The van der Waals surface area contributed by atoms with Crippen LogP contribution in [0.1, 0.15) is 60.9 Å². The molecule has 1 aliphatic rings. The highest BCUT2D eigenvalue weighted by molar-refractivity contribution is 6.04. The first-order valence-electron chi connectivity index (χ1n) is 8.73. The predicted molar refractivity (Wildman–Crippen MR) is 98.4 cm³/mol. The highest BCUT2D eigenvalue weighted by Crippen LogP contribution is 2.27. The lowest BCUT2D eigenvalue weighted by Crippen LogP contribution is -2.27. The summed E-state index contributed by atoms with van der Waals surface area (Å²) in [4.78, 5) is 41.3. The van der Waals surface area contributed by atoms with Crippen LogP contribution < -0.4 is 5.32 Å². The number of fused-ring (bicyclic) bond motifs is 1. The summed E-state index contributed by atoms with van der Waals surface area (Å²) in [5.41, 5.74) is 4.33. The first-order chi connectivity index (χ1) is 12.4. The normalized spacial score (nSPS) is 13.3. The van der Waals surface area contributed by atoms with Gasteiger partial charge in [-0.1, -0.05) is 12.1 Å². The third-order valence-corrected chi connectivity index (χ3v) is 4.86. The van der Waals surface area contributed by atoms with Gasteiger partial charge in [0.25, 0.3) is 11.8 Å². The van der Waals surface area contributed by atoms with Crippen molar-refractivity contribution in [2.45, 2.75) is 32.7 Å². The Bertz CT molecular complexity index is 865. The lowest BCUT2D eigenvalue weighted by Gasteiger charge is -2.17. The SMILES string of the molecule is CNC(=O)c1ccc(CN(C)C(=O)c2[nH]c3c(c2C)C(=O)CCC3)cc1. The fourth-order valence-corrected chi connectivity index (χ4v) is 3.43. The van der Waals surface area contributed by atoms with E-state index in [2.05, 4.69) is 10.3 Å². The highest BCUT2D eigenvalue weighted by atomic mass is 16.2. The Kier molecular flexibility index (Phi) is 4.93. The van der Waals surface area contributed by atoms with Crippen LogP contribution in [0.5, 0.6) is 0 Å². The Morgan fingerprint density at radius 3 is 2.50 bits per heavy atom. The Hall–Kier alpha value is -2.89. The molecule has 3 rings (SSSR count). The van der Waals surface area contributed by atoms with E-state index in [0.29, 0.717) is 29.8 Å². The molecule has 1 aliphatic carbocycles. The molecule has 6 nitrogen and oxygen atoms in total. The smallest absolute Gasteiger partial charge is 0.270 e. The van der Waals surface area contributed by atoms with Gasteiger partial charge in [0, 0.05) is 43.9 Å². The molecule has 1 aromatic heterocycles. The van der Waals surface area contributed by atoms with Crippen LogP contribution in [0.25, 0.3) is 0 Å². The minimum atomic E-state index is -0.141. The monoisotopic (exact) mass is 353 g/mol. The maximum Gasteiger partial charge on any atom is 0.270 e. The second kappa shape index (κ2) is 7.15. The molecule has 0 fully saturated rings. The summed E-state index contributed by atoms with van der Waals surface area (Å²) in [5.74, 6) is -0.162. The zero-order chi connectivity index (χ0) is 18.8. The number of nitrogens with zero attached hydrogens (tertiary/aromatic N) is 1. The summed E-state index contributed by atoms with van der Waals surface area (Å²) in [5, 5.41) is 2.58. The van der Waals surface area contributed by atoms with E-state index in [4.69, 9.17) is 0 Å². The fourth-order valence-electron chi connectivity index (χ4n) is 3.43. The number of carbonyl (C=O) groups is 3. The average Bonchev–Trinajstić information content (AvgIpc) is 2.99. The summed E-state index contributed by atoms with van der Waals surface area (Å²) in [6.07, 6.45) is 2.18.